The molecular weight excluding hydrogens is 292 g/mol. The Hall–Kier alpha value is -1.54. The Kier molecular flexibility index (Phi) is 6.03. The van der Waals surface area contributed by atoms with Gasteiger partial charge in [-0.25, -0.2) is 21.9 Å². The van der Waals surface area contributed by atoms with Gasteiger partial charge in [0, 0.05) is 19.0 Å². The molecule has 0 unspecified atom stereocenters. The number of benzene rings is 1. The predicted octanol–water partition coefficient (Wildman–Crippen LogP) is 1.59. The van der Waals surface area contributed by atoms with Crippen molar-refractivity contribution in [1.29, 1.82) is 0 Å². The second-order valence-corrected chi connectivity index (χ2v) is 5.68. The molecule has 0 fully saturated rings. The molecule has 0 saturated heterocycles. The van der Waals surface area contributed by atoms with Crippen LogP contribution in [-0.2, 0) is 19.6 Å². The van der Waals surface area contributed by atoms with Gasteiger partial charge in [-0.2, -0.15) is 0 Å². The molecule has 0 aromatic heterocycles. The number of nitrogens with one attached hydrogen (secondary N) is 1. The molecule has 0 spiro atoms. The molecule has 1 aromatic rings. The molecule has 8 heteroatoms. The summed E-state index contributed by atoms with van der Waals surface area (Å²) in [4.78, 5) is 10.5. The summed E-state index contributed by atoms with van der Waals surface area (Å²) in [5, 5.41) is 0. The van der Waals surface area contributed by atoms with Crippen molar-refractivity contribution in [2.24, 2.45) is 0 Å². The molecule has 5 nitrogen and oxygen atoms in total. The zero-order valence-corrected chi connectivity index (χ0v) is 11.7. The first-order valence-electron chi connectivity index (χ1n) is 5.96. The molecule has 0 atom stereocenters. The molecule has 0 bridgehead atoms. The van der Waals surface area contributed by atoms with Gasteiger partial charge in [-0.3, -0.25) is 4.79 Å². The Labute approximate surface area is 116 Å². The van der Waals surface area contributed by atoms with E-state index in [0.717, 1.165) is 12.1 Å². The van der Waals surface area contributed by atoms with Crippen LogP contribution in [0.1, 0.15) is 19.8 Å². The Morgan fingerprint density at radius 2 is 1.85 bits per heavy atom. The molecule has 20 heavy (non-hydrogen) atoms. The van der Waals surface area contributed by atoms with E-state index in [1.54, 1.807) is 6.92 Å². The lowest BCUT2D eigenvalue weighted by Crippen LogP contribution is -2.25. The van der Waals surface area contributed by atoms with Gasteiger partial charge < -0.3 is 4.74 Å². The van der Waals surface area contributed by atoms with Crippen LogP contribution in [0.5, 0.6) is 0 Å². The Bertz CT molecular complexity index is 555. The summed E-state index contributed by atoms with van der Waals surface area (Å²) < 4.78 is 56.2. The second kappa shape index (κ2) is 7.30. The van der Waals surface area contributed by atoms with Crippen LogP contribution < -0.4 is 4.72 Å². The molecule has 0 aliphatic carbocycles. The fraction of sp³-hybridized carbons (Fsp3) is 0.417. The van der Waals surface area contributed by atoms with Crippen molar-refractivity contribution in [2.45, 2.75) is 24.7 Å². The first-order valence-corrected chi connectivity index (χ1v) is 7.45. The van der Waals surface area contributed by atoms with E-state index >= 15 is 0 Å². The standard InChI is InChI=1S/C12H15F2NO4S/c1-2-19-12(16)4-3-5-15-20(17,18)11-7-9(13)6-10(14)8-11/h6-8,15H,2-5H2,1H3. The Morgan fingerprint density at radius 1 is 1.25 bits per heavy atom. The van der Waals surface area contributed by atoms with Gasteiger partial charge in [-0.1, -0.05) is 0 Å². The van der Waals surface area contributed by atoms with Gasteiger partial charge in [-0.05, 0) is 25.5 Å². The van der Waals surface area contributed by atoms with Gasteiger partial charge in [-0.15, -0.1) is 0 Å². The Morgan fingerprint density at radius 3 is 2.40 bits per heavy atom. The van der Waals surface area contributed by atoms with Gasteiger partial charge in [0.2, 0.25) is 10.0 Å². The average Bonchev–Trinajstić information content (AvgIpc) is 2.34. The van der Waals surface area contributed by atoms with E-state index in [-0.39, 0.29) is 26.0 Å². The van der Waals surface area contributed by atoms with Gasteiger partial charge in [0.15, 0.2) is 0 Å². The maximum atomic E-state index is 12.9. The number of hydrogen-bond acceptors (Lipinski definition) is 4. The molecule has 112 valence electrons. The van der Waals surface area contributed by atoms with Crippen LogP contribution in [0.3, 0.4) is 0 Å². The zero-order valence-electron chi connectivity index (χ0n) is 10.9. The summed E-state index contributed by atoms with van der Waals surface area (Å²) in [6, 6.07) is 2.02. The van der Waals surface area contributed by atoms with Crippen molar-refractivity contribution in [3.63, 3.8) is 0 Å². The zero-order chi connectivity index (χ0) is 15.2. The van der Waals surface area contributed by atoms with Crippen LogP contribution in [-0.4, -0.2) is 27.5 Å². The highest BCUT2D eigenvalue weighted by atomic mass is 32.2. The fourth-order valence-electron chi connectivity index (χ4n) is 1.44. The predicted molar refractivity (Wildman–Crippen MR) is 67.4 cm³/mol. The van der Waals surface area contributed by atoms with Crippen LogP contribution in [0.15, 0.2) is 23.1 Å². The number of halogens is 2. The van der Waals surface area contributed by atoms with E-state index in [9.17, 15) is 22.0 Å². The first kappa shape index (κ1) is 16.5. The van der Waals surface area contributed by atoms with E-state index in [4.69, 9.17) is 0 Å². The minimum absolute atomic E-state index is 0.0285. The molecule has 0 aliphatic heterocycles. The fourth-order valence-corrected chi connectivity index (χ4v) is 2.55. The lowest BCUT2D eigenvalue weighted by molar-refractivity contribution is -0.143. The SMILES string of the molecule is CCOC(=O)CCCNS(=O)(=O)c1cc(F)cc(F)c1. The molecule has 0 radical (unpaired) electrons. The monoisotopic (exact) mass is 307 g/mol. The molecule has 0 amide bonds. The third-order valence-corrected chi connectivity index (χ3v) is 3.74. The molecule has 0 heterocycles. The van der Waals surface area contributed by atoms with E-state index in [1.807, 2.05) is 0 Å². The largest absolute Gasteiger partial charge is 0.466 e. The number of sulfonamides is 1. The topological polar surface area (TPSA) is 72.5 Å². The minimum atomic E-state index is -4.00. The molecular formula is C12H15F2NO4S. The Balaban J connectivity index is 2.56. The van der Waals surface area contributed by atoms with Gasteiger partial charge in [0.05, 0.1) is 11.5 Å². The maximum Gasteiger partial charge on any atom is 0.305 e. The van der Waals surface area contributed by atoms with Crippen molar-refractivity contribution in [3.05, 3.63) is 29.8 Å². The normalized spacial score (nSPS) is 11.3. The summed E-state index contributed by atoms with van der Waals surface area (Å²) in [5.74, 6) is -2.38. The number of rotatable bonds is 7. The third kappa shape index (κ3) is 5.22. The summed E-state index contributed by atoms with van der Waals surface area (Å²) in [5.41, 5.74) is 0. The summed E-state index contributed by atoms with van der Waals surface area (Å²) >= 11 is 0. The third-order valence-electron chi connectivity index (χ3n) is 2.30. The second-order valence-electron chi connectivity index (χ2n) is 3.91. The van der Waals surface area contributed by atoms with Crippen LogP contribution >= 0.6 is 0 Å². The quantitative estimate of drug-likeness (QED) is 0.613. The lowest BCUT2D eigenvalue weighted by atomic mass is 10.3. The minimum Gasteiger partial charge on any atom is -0.466 e. The highest BCUT2D eigenvalue weighted by Gasteiger charge is 2.16. The first-order chi connectivity index (χ1) is 9.35. The van der Waals surface area contributed by atoms with Crippen molar-refractivity contribution >= 4 is 16.0 Å². The number of esters is 1. The van der Waals surface area contributed by atoms with E-state index < -0.39 is 32.5 Å². The summed E-state index contributed by atoms with van der Waals surface area (Å²) in [6.07, 6.45) is 0.295. The maximum absolute atomic E-state index is 12.9. The number of carbonyl (C=O) groups excluding carboxylic acids is 1. The smallest absolute Gasteiger partial charge is 0.305 e. The molecule has 1 rings (SSSR count). The van der Waals surface area contributed by atoms with Crippen molar-refractivity contribution < 1.29 is 26.7 Å². The summed E-state index contributed by atoms with van der Waals surface area (Å²) in [6.45, 7) is 1.89. The van der Waals surface area contributed by atoms with Crippen LogP contribution in [0.4, 0.5) is 8.78 Å². The molecule has 0 aliphatic rings. The molecule has 1 aromatic carbocycles. The molecule has 1 N–H and O–H groups in total. The van der Waals surface area contributed by atoms with Crippen molar-refractivity contribution in [2.75, 3.05) is 13.2 Å². The van der Waals surface area contributed by atoms with Crippen molar-refractivity contribution in [1.82, 2.24) is 4.72 Å². The molecule has 0 saturated carbocycles. The highest BCUT2D eigenvalue weighted by Crippen LogP contribution is 2.13. The highest BCUT2D eigenvalue weighted by molar-refractivity contribution is 7.89. The van der Waals surface area contributed by atoms with Gasteiger partial charge in [0.1, 0.15) is 11.6 Å². The number of ether oxygens (including phenoxy) is 1. The van der Waals surface area contributed by atoms with Crippen LogP contribution in [0.2, 0.25) is 0 Å². The van der Waals surface area contributed by atoms with E-state index in [2.05, 4.69) is 9.46 Å². The average molecular weight is 307 g/mol. The van der Waals surface area contributed by atoms with Gasteiger partial charge >= 0.3 is 5.97 Å². The van der Waals surface area contributed by atoms with Crippen LogP contribution in [0, 0.1) is 11.6 Å². The summed E-state index contributed by atoms with van der Waals surface area (Å²) in [7, 11) is -4.00. The van der Waals surface area contributed by atoms with Crippen molar-refractivity contribution in [3.8, 4) is 0 Å². The van der Waals surface area contributed by atoms with E-state index in [1.165, 1.54) is 0 Å². The van der Waals surface area contributed by atoms with E-state index in [0.29, 0.717) is 6.07 Å². The lowest BCUT2D eigenvalue weighted by Gasteiger charge is -2.07. The number of carbonyl (C=O) groups is 1. The van der Waals surface area contributed by atoms with Gasteiger partial charge in [0.25, 0.3) is 0 Å². The van der Waals surface area contributed by atoms with Crippen LogP contribution in [0.25, 0.3) is 0 Å². The number of hydrogen-bond donors (Lipinski definition) is 1.